The second-order valence-electron chi connectivity index (χ2n) is 7.19. The Bertz CT molecular complexity index is 884. The van der Waals surface area contributed by atoms with E-state index in [0.717, 1.165) is 49.9 Å². The molecule has 3 aromatic rings. The number of piperazine rings is 1. The monoisotopic (exact) mass is 337 g/mol. The van der Waals surface area contributed by atoms with Crippen LogP contribution in [0.3, 0.4) is 0 Å². The van der Waals surface area contributed by atoms with Gasteiger partial charge in [-0.1, -0.05) is 0 Å². The predicted molar refractivity (Wildman–Crippen MR) is 95.7 cm³/mol. The molecule has 4 heterocycles. The third-order valence-electron chi connectivity index (χ3n) is 5.39. The fraction of sp³-hybridized carbons (Fsp3) is 0.500. The van der Waals surface area contributed by atoms with Crippen LogP contribution in [-0.4, -0.2) is 55.5 Å². The van der Waals surface area contributed by atoms with Gasteiger partial charge in [-0.3, -0.25) is 4.90 Å². The first kappa shape index (κ1) is 14.9. The summed E-state index contributed by atoms with van der Waals surface area (Å²) >= 11 is 0. The van der Waals surface area contributed by atoms with E-state index in [1.807, 2.05) is 10.7 Å². The molecular weight excluding hydrogens is 314 g/mol. The average Bonchev–Trinajstić information content (AvgIpc) is 3.27. The van der Waals surface area contributed by atoms with Gasteiger partial charge in [0.05, 0.1) is 11.9 Å². The lowest BCUT2D eigenvalue weighted by molar-refractivity contribution is 0.245. The standard InChI is InChI=1S/C18H23N7/c1-22-6-2-3-15(22)13-23-7-9-24(10-8-23)16-11-17-20-21-18(14-4-5-14)25(17)19-12-16/h2-3,6,11-12,14H,4-5,7-10,13H2,1H3. The minimum atomic E-state index is 0.564. The lowest BCUT2D eigenvalue weighted by atomic mass is 10.2. The van der Waals surface area contributed by atoms with Gasteiger partial charge in [-0.25, -0.2) is 0 Å². The molecule has 5 rings (SSSR count). The maximum Gasteiger partial charge on any atom is 0.179 e. The summed E-state index contributed by atoms with van der Waals surface area (Å²) in [6.07, 6.45) is 6.51. The lowest BCUT2D eigenvalue weighted by Gasteiger charge is -2.35. The highest BCUT2D eigenvalue weighted by Gasteiger charge is 2.29. The van der Waals surface area contributed by atoms with E-state index in [-0.39, 0.29) is 0 Å². The van der Waals surface area contributed by atoms with Crippen molar-refractivity contribution in [3.63, 3.8) is 0 Å². The van der Waals surface area contributed by atoms with Gasteiger partial charge in [0.2, 0.25) is 0 Å². The van der Waals surface area contributed by atoms with E-state index < -0.39 is 0 Å². The molecule has 2 fully saturated rings. The van der Waals surface area contributed by atoms with Crippen LogP contribution in [0.2, 0.25) is 0 Å². The molecule has 130 valence electrons. The predicted octanol–water partition coefficient (Wildman–Crippen LogP) is 1.66. The number of aryl methyl sites for hydroxylation is 1. The number of rotatable bonds is 4. The summed E-state index contributed by atoms with van der Waals surface area (Å²) < 4.78 is 4.11. The maximum atomic E-state index is 4.60. The molecular formula is C18H23N7. The lowest BCUT2D eigenvalue weighted by Crippen LogP contribution is -2.46. The Morgan fingerprint density at radius 3 is 2.68 bits per heavy atom. The molecule has 0 atom stereocenters. The van der Waals surface area contributed by atoms with Gasteiger partial charge in [0, 0.05) is 63.6 Å². The zero-order valence-corrected chi connectivity index (χ0v) is 14.5. The van der Waals surface area contributed by atoms with E-state index in [1.165, 1.54) is 18.5 Å². The van der Waals surface area contributed by atoms with E-state index in [9.17, 15) is 0 Å². The Morgan fingerprint density at radius 1 is 1.12 bits per heavy atom. The van der Waals surface area contributed by atoms with Gasteiger partial charge in [0.1, 0.15) is 0 Å². The zero-order valence-electron chi connectivity index (χ0n) is 14.5. The van der Waals surface area contributed by atoms with Crippen LogP contribution in [0.5, 0.6) is 0 Å². The summed E-state index contributed by atoms with van der Waals surface area (Å²) in [5.74, 6) is 1.59. The van der Waals surface area contributed by atoms with Crippen molar-refractivity contribution in [1.82, 2.24) is 29.3 Å². The first-order valence-electron chi connectivity index (χ1n) is 9.07. The summed E-state index contributed by atoms with van der Waals surface area (Å²) in [6.45, 7) is 5.19. The molecule has 2 aliphatic rings. The second kappa shape index (κ2) is 5.84. The summed E-state index contributed by atoms with van der Waals surface area (Å²) in [7, 11) is 2.11. The molecule has 1 saturated heterocycles. The molecule has 7 nitrogen and oxygen atoms in total. The molecule has 25 heavy (non-hydrogen) atoms. The van der Waals surface area contributed by atoms with Gasteiger partial charge in [-0.15, -0.1) is 10.2 Å². The van der Waals surface area contributed by atoms with Gasteiger partial charge in [-0.05, 0) is 25.0 Å². The van der Waals surface area contributed by atoms with Crippen molar-refractivity contribution in [2.45, 2.75) is 25.3 Å². The number of nitrogens with zero attached hydrogens (tertiary/aromatic N) is 7. The SMILES string of the molecule is Cn1cccc1CN1CCN(c2cnn3c(C4CC4)nnc3c2)CC1. The molecule has 3 aromatic heterocycles. The van der Waals surface area contributed by atoms with Crippen LogP contribution in [0.1, 0.15) is 30.3 Å². The van der Waals surface area contributed by atoms with Gasteiger partial charge < -0.3 is 9.47 Å². The van der Waals surface area contributed by atoms with Gasteiger partial charge in [0.15, 0.2) is 11.5 Å². The van der Waals surface area contributed by atoms with E-state index in [4.69, 9.17) is 0 Å². The van der Waals surface area contributed by atoms with E-state index in [2.05, 4.69) is 61.1 Å². The topological polar surface area (TPSA) is 54.5 Å². The molecule has 1 aliphatic carbocycles. The fourth-order valence-electron chi connectivity index (χ4n) is 3.62. The highest BCUT2D eigenvalue weighted by Crippen LogP contribution is 2.38. The Morgan fingerprint density at radius 2 is 1.96 bits per heavy atom. The minimum Gasteiger partial charge on any atom is -0.368 e. The molecule has 0 spiro atoms. The third kappa shape index (κ3) is 2.78. The minimum absolute atomic E-state index is 0.564. The van der Waals surface area contributed by atoms with Crippen LogP contribution in [0.25, 0.3) is 5.65 Å². The Labute approximate surface area is 146 Å². The molecule has 0 radical (unpaired) electrons. The molecule has 0 unspecified atom stereocenters. The van der Waals surface area contributed by atoms with E-state index in [0.29, 0.717) is 5.92 Å². The molecule has 1 saturated carbocycles. The third-order valence-corrected chi connectivity index (χ3v) is 5.39. The van der Waals surface area contributed by atoms with Gasteiger partial charge in [0.25, 0.3) is 0 Å². The molecule has 7 heteroatoms. The number of anilines is 1. The van der Waals surface area contributed by atoms with Crippen molar-refractivity contribution in [2.75, 3.05) is 31.1 Å². The highest BCUT2D eigenvalue weighted by atomic mass is 15.4. The smallest absolute Gasteiger partial charge is 0.179 e. The van der Waals surface area contributed by atoms with E-state index in [1.54, 1.807) is 0 Å². The van der Waals surface area contributed by atoms with Crippen LogP contribution in [0.4, 0.5) is 5.69 Å². The molecule has 0 aromatic carbocycles. The Kier molecular flexibility index (Phi) is 3.48. The molecule has 0 bridgehead atoms. The molecule has 1 aliphatic heterocycles. The summed E-state index contributed by atoms with van der Waals surface area (Å²) in [6, 6.07) is 6.44. The number of hydrogen-bond acceptors (Lipinski definition) is 5. The number of fused-ring (bicyclic) bond motifs is 1. The summed E-state index contributed by atoms with van der Waals surface area (Å²) in [5.41, 5.74) is 3.39. The van der Waals surface area contributed by atoms with Gasteiger partial charge in [-0.2, -0.15) is 9.61 Å². The first-order chi connectivity index (χ1) is 12.3. The zero-order chi connectivity index (χ0) is 16.8. The van der Waals surface area contributed by atoms with Crippen molar-refractivity contribution >= 4 is 11.3 Å². The van der Waals surface area contributed by atoms with Crippen molar-refractivity contribution < 1.29 is 0 Å². The molecule has 0 N–H and O–H groups in total. The summed E-state index contributed by atoms with van der Waals surface area (Å²) in [5, 5.41) is 13.2. The van der Waals surface area contributed by atoms with Gasteiger partial charge >= 0.3 is 0 Å². The Hall–Kier alpha value is -2.41. The number of aromatic nitrogens is 5. The van der Waals surface area contributed by atoms with Crippen LogP contribution < -0.4 is 4.90 Å². The van der Waals surface area contributed by atoms with Crippen LogP contribution >= 0.6 is 0 Å². The van der Waals surface area contributed by atoms with Crippen LogP contribution in [0, 0.1) is 0 Å². The highest BCUT2D eigenvalue weighted by molar-refractivity contribution is 5.54. The van der Waals surface area contributed by atoms with E-state index >= 15 is 0 Å². The number of hydrogen-bond donors (Lipinski definition) is 0. The quantitative estimate of drug-likeness (QED) is 0.725. The van der Waals surface area contributed by atoms with Crippen molar-refractivity contribution in [1.29, 1.82) is 0 Å². The molecule has 0 amide bonds. The normalized spacial score (nSPS) is 19.0. The second-order valence-corrected chi connectivity index (χ2v) is 7.19. The average molecular weight is 337 g/mol. The Balaban J connectivity index is 1.27. The maximum absolute atomic E-state index is 4.60. The van der Waals surface area contributed by atoms with Crippen molar-refractivity contribution in [3.05, 3.63) is 42.1 Å². The first-order valence-corrected chi connectivity index (χ1v) is 9.07. The van der Waals surface area contributed by atoms with Crippen molar-refractivity contribution in [2.24, 2.45) is 7.05 Å². The fourth-order valence-corrected chi connectivity index (χ4v) is 3.62. The van der Waals surface area contributed by atoms with Crippen LogP contribution in [-0.2, 0) is 13.6 Å². The van der Waals surface area contributed by atoms with Crippen LogP contribution in [0.15, 0.2) is 30.6 Å². The largest absolute Gasteiger partial charge is 0.368 e. The van der Waals surface area contributed by atoms with Crippen molar-refractivity contribution in [3.8, 4) is 0 Å². The summed E-state index contributed by atoms with van der Waals surface area (Å²) in [4.78, 5) is 4.92.